The van der Waals surface area contributed by atoms with Crippen LogP contribution in [-0.4, -0.2) is 43.3 Å². The average Bonchev–Trinajstić information content (AvgIpc) is 3.00. The molecule has 0 saturated carbocycles. The number of carbonyl (C=O) groups is 1. The van der Waals surface area contributed by atoms with Gasteiger partial charge in [-0.15, -0.1) is 11.3 Å². The van der Waals surface area contributed by atoms with Crippen LogP contribution in [0.3, 0.4) is 0 Å². The van der Waals surface area contributed by atoms with Gasteiger partial charge in [-0.2, -0.15) is 0 Å². The second kappa shape index (κ2) is 5.87. The molecule has 3 rings (SSSR count). The van der Waals surface area contributed by atoms with E-state index in [0.717, 1.165) is 15.6 Å². The summed E-state index contributed by atoms with van der Waals surface area (Å²) in [5.74, 6) is -0.316. The fourth-order valence-electron chi connectivity index (χ4n) is 3.12. The highest BCUT2D eigenvalue weighted by Crippen LogP contribution is 2.33. The van der Waals surface area contributed by atoms with Gasteiger partial charge in [-0.25, -0.2) is 12.8 Å². The van der Waals surface area contributed by atoms with Crippen LogP contribution < -0.4 is 0 Å². The molecule has 1 fully saturated rings. The number of rotatable bonds is 3. The van der Waals surface area contributed by atoms with E-state index >= 15 is 0 Å². The number of hydrogen-bond acceptors (Lipinski definition) is 4. The SMILES string of the molecule is CCN(C(=O)c1sc2ccc(F)cc2c1C)C1CCS(=O)(=O)C1. The normalized spacial score (nSPS) is 20.0. The number of hydrogen-bond donors (Lipinski definition) is 0. The lowest BCUT2D eigenvalue weighted by Gasteiger charge is -2.26. The predicted octanol–water partition coefficient (Wildman–Crippen LogP) is 3.00. The van der Waals surface area contributed by atoms with Crippen LogP contribution in [0, 0.1) is 12.7 Å². The molecule has 1 saturated heterocycles. The topological polar surface area (TPSA) is 54.5 Å². The summed E-state index contributed by atoms with van der Waals surface area (Å²) in [5.41, 5.74) is 0.758. The van der Waals surface area contributed by atoms with Gasteiger partial charge in [-0.1, -0.05) is 0 Å². The second-order valence-electron chi connectivity index (χ2n) is 5.84. The summed E-state index contributed by atoms with van der Waals surface area (Å²) in [6.45, 7) is 4.12. The maximum absolute atomic E-state index is 13.4. The van der Waals surface area contributed by atoms with Crippen molar-refractivity contribution in [2.24, 2.45) is 0 Å². The zero-order chi connectivity index (χ0) is 16.8. The first kappa shape index (κ1) is 16.4. The van der Waals surface area contributed by atoms with E-state index in [2.05, 4.69) is 0 Å². The monoisotopic (exact) mass is 355 g/mol. The summed E-state index contributed by atoms with van der Waals surface area (Å²) in [6, 6.07) is 4.23. The third-order valence-electron chi connectivity index (χ3n) is 4.34. The molecule has 2 aromatic rings. The molecule has 7 heteroatoms. The number of amides is 1. The molecular weight excluding hydrogens is 337 g/mol. The van der Waals surface area contributed by atoms with Crippen molar-refractivity contribution in [1.29, 1.82) is 0 Å². The molecule has 23 heavy (non-hydrogen) atoms. The van der Waals surface area contributed by atoms with Crippen LogP contribution in [-0.2, 0) is 9.84 Å². The number of thiophene rings is 1. The molecule has 1 atom stereocenters. The minimum Gasteiger partial charge on any atom is -0.334 e. The third kappa shape index (κ3) is 2.99. The Bertz CT molecular complexity index is 873. The van der Waals surface area contributed by atoms with E-state index in [9.17, 15) is 17.6 Å². The third-order valence-corrected chi connectivity index (χ3v) is 7.35. The predicted molar refractivity (Wildman–Crippen MR) is 90.3 cm³/mol. The highest BCUT2D eigenvalue weighted by Gasteiger charge is 2.35. The number of benzene rings is 1. The van der Waals surface area contributed by atoms with Crippen LogP contribution in [0.2, 0.25) is 0 Å². The molecule has 1 aliphatic heterocycles. The summed E-state index contributed by atoms with van der Waals surface area (Å²) in [4.78, 5) is 15.1. The Morgan fingerprint density at radius 1 is 1.43 bits per heavy atom. The minimum absolute atomic E-state index is 0.0329. The largest absolute Gasteiger partial charge is 0.334 e. The number of halogens is 1. The number of sulfone groups is 1. The molecule has 0 bridgehead atoms. The van der Waals surface area contributed by atoms with Crippen molar-refractivity contribution in [3.8, 4) is 0 Å². The summed E-state index contributed by atoms with van der Waals surface area (Å²) in [5, 5.41) is 0.744. The van der Waals surface area contributed by atoms with Crippen LogP contribution >= 0.6 is 11.3 Å². The first-order chi connectivity index (χ1) is 10.8. The first-order valence-electron chi connectivity index (χ1n) is 7.52. The molecule has 1 aliphatic rings. The number of nitrogens with zero attached hydrogens (tertiary/aromatic N) is 1. The molecule has 1 aromatic heterocycles. The van der Waals surface area contributed by atoms with E-state index in [1.54, 1.807) is 11.0 Å². The van der Waals surface area contributed by atoms with Gasteiger partial charge >= 0.3 is 0 Å². The van der Waals surface area contributed by atoms with E-state index in [-0.39, 0.29) is 29.3 Å². The summed E-state index contributed by atoms with van der Waals surface area (Å²) in [6.07, 6.45) is 0.487. The van der Waals surface area contributed by atoms with Gasteiger partial charge in [0, 0.05) is 17.3 Å². The van der Waals surface area contributed by atoms with Gasteiger partial charge in [0.1, 0.15) is 5.82 Å². The van der Waals surface area contributed by atoms with E-state index in [1.165, 1.54) is 23.5 Å². The molecule has 2 heterocycles. The van der Waals surface area contributed by atoms with Crippen molar-refractivity contribution in [3.63, 3.8) is 0 Å². The first-order valence-corrected chi connectivity index (χ1v) is 10.2. The Labute approximate surface area is 138 Å². The lowest BCUT2D eigenvalue weighted by Crippen LogP contribution is -2.40. The van der Waals surface area contributed by atoms with Crippen LogP contribution in [0.4, 0.5) is 4.39 Å². The molecule has 4 nitrogen and oxygen atoms in total. The van der Waals surface area contributed by atoms with Crippen molar-refractivity contribution >= 4 is 37.2 Å². The van der Waals surface area contributed by atoms with Gasteiger partial charge in [0.05, 0.1) is 16.4 Å². The van der Waals surface area contributed by atoms with E-state index in [0.29, 0.717) is 17.8 Å². The van der Waals surface area contributed by atoms with Crippen LogP contribution in [0.1, 0.15) is 28.6 Å². The van der Waals surface area contributed by atoms with Crippen LogP contribution in [0.5, 0.6) is 0 Å². The number of carbonyl (C=O) groups excluding carboxylic acids is 1. The van der Waals surface area contributed by atoms with Gasteiger partial charge in [0.2, 0.25) is 0 Å². The molecule has 0 radical (unpaired) electrons. The molecule has 0 aliphatic carbocycles. The highest BCUT2D eigenvalue weighted by molar-refractivity contribution is 7.91. The molecule has 1 amide bonds. The summed E-state index contributed by atoms with van der Waals surface area (Å²) in [7, 11) is -3.05. The van der Waals surface area contributed by atoms with E-state index in [4.69, 9.17) is 0 Å². The Morgan fingerprint density at radius 3 is 2.78 bits per heavy atom. The quantitative estimate of drug-likeness (QED) is 0.850. The van der Waals surface area contributed by atoms with Gasteiger partial charge in [0.15, 0.2) is 9.84 Å². The minimum atomic E-state index is -3.05. The molecular formula is C16H18FNO3S2. The van der Waals surface area contributed by atoms with E-state index in [1.807, 2.05) is 13.8 Å². The number of fused-ring (bicyclic) bond motifs is 1. The standard InChI is InChI=1S/C16H18FNO3S2/c1-3-18(12-6-7-23(20,21)9-12)16(19)15-10(2)13-8-11(17)4-5-14(13)22-15/h4-5,8,12H,3,6-7,9H2,1-2H3. The maximum atomic E-state index is 13.4. The van der Waals surface area contributed by atoms with Crippen molar-refractivity contribution in [2.45, 2.75) is 26.3 Å². The van der Waals surface area contributed by atoms with Crippen LogP contribution in [0.15, 0.2) is 18.2 Å². The second-order valence-corrected chi connectivity index (χ2v) is 9.13. The van der Waals surface area contributed by atoms with Gasteiger partial charge < -0.3 is 4.90 Å². The Hall–Kier alpha value is -1.47. The molecule has 1 unspecified atom stereocenters. The van der Waals surface area contributed by atoms with Crippen molar-refractivity contribution in [1.82, 2.24) is 4.90 Å². The van der Waals surface area contributed by atoms with Gasteiger partial charge in [-0.3, -0.25) is 4.79 Å². The Kier molecular flexibility index (Phi) is 4.18. The molecule has 0 spiro atoms. The van der Waals surface area contributed by atoms with Gasteiger partial charge in [-0.05, 0) is 49.4 Å². The molecule has 124 valence electrons. The Morgan fingerprint density at radius 2 is 2.17 bits per heavy atom. The lowest BCUT2D eigenvalue weighted by atomic mass is 10.1. The molecule has 1 aromatic carbocycles. The Balaban J connectivity index is 1.97. The maximum Gasteiger partial charge on any atom is 0.264 e. The van der Waals surface area contributed by atoms with Crippen LogP contribution in [0.25, 0.3) is 10.1 Å². The zero-order valence-corrected chi connectivity index (χ0v) is 14.6. The number of aryl methyl sites for hydroxylation is 1. The average molecular weight is 355 g/mol. The lowest BCUT2D eigenvalue weighted by molar-refractivity contribution is 0.0713. The smallest absolute Gasteiger partial charge is 0.264 e. The van der Waals surface area contributed by atoms with Crippen molar-refractivity contribution < 1.29 is 17.6 Å². The molecule has 0 N–H and O–H groups in total. The fraction of sp³-hybridized carbons (Fsp3) is 0.438. The van der Waals surface area contributed by atoms with Crippen molar-refractivity contribution in [2.75, 3.05) is 18.1 Å². The van der Waals surface area contributed by atoms with E-state index < -0.39 is 9.84 Å². The zero-order valence-electron chi connectivity index (χ0n) is 13.0. The summed E-state index contributed by atoms with van der Waals surface area (Å²) >= 11 is 1.34. The summed E-state index contributed by atoms with van der Waals surface area (Å²) < 4.78 is 37.7. The highest BCUT2D eigenvalue weighted by atomic mass is 32.2. The van der Waals surface area contributed by atoms with Crippen molar-refractivity contribution in [3.05, 3.63) is 34.5 Å². The fourth-order valence-corrected chi connectivity index (χ4v) is 5.99. The van der Waals surface area contributed by atoms with Gasteiger partial charge in [0.25, 0.3) is 5.91 Å².